The molecule has 2 N–H and O–H groups in total. The molecule has 0 aromatic carbocycles. The van der Waals surface area contributed by atoms with Crippen LogP contribution in [0.15, 0.2) is 4.34 Å². The lowest BCUT2D eigenvalue weighted by atomic mass is 9.86. The summed E-state index contributed by atoms with van der Waals surface area (Å²) < 4.78 is 0.866. The number of carbonyl (C=O) groups excluding carboxylic acids is 1. The van der Waals surface area contributed by atoms with Gasteiger partial charge in [0, 0.05) is 12.1 Å². The second kappa shape index (κ2) is 6.96. The zero-order chi connectivity index (χ0) is 14.7. The van der Waals surface area contributed by atoms with Crippen LogP contribution in [0.3, 0.4) is 0 Å². The van der Waals surface area contributed by atoms with Crippen LogP contribution in [0.2, 0.25) is 0 Å². The minimum atomic E-state index is 0.116. The third kappa shape index (κ3) is 4.57. The molecular formula is C14H22N4OS2. The van der Waals surface area contributed by atoms with Crippen molar-refractivity contribution in [1.82, 2.24) is 15.5 Å². The quantitative estimate of drug-likeness (QED) is 0.787. The highest BCUT2D eigenvalue weighted by molar-refractivity contribution is 8.01. The van der Waals surface area contributed by atoms with Crippen molar-refractivity contribution in [3.8, 4) is 0 Å². The third-order valence-electron chi connectivity index (χ3n) is 4.10. The summed E-state index contributed by atoms with van der Waals surface area (Å²) in [6.07, 6.45) is 7.32. The molecule has 1 aromatic heterocycles. The van der Waals surface area contributed by atoms with E-state index in [0.29, 0.717) is 23.8 Å². The monoisotopic (exact) mass is 326 g/mol. The smallest absolute Gasteiger partial charge is 0.230 e. The van der Waals surface area contributed by atoms with Crippen LogP contribution in [0.5, 0.6) is 0 Å². The minimum Gasteiger partial charge on any atom is -0.357 e. The fourth-order valence-electron chi connectivity index (χ4n) is 2.64. The Hall–Kier alpha value is -0.820. The van der Waals surface area contributed by atoms with Crippen LogP contribution in [0.1, 0.15) is 45.4 Å². The maximum atomic E-state index is 12.0. The zero-order valence-corrected chi connectivity index (χ0v) is 13.9. The van der Waals surface area contributed by atoms with E-state index in [1.54, 1.807) is 0 Å². The van der Waals surface area contributed by atoms with E-state index in [1.165, 1.54) is 55.2 Å². The van der Waals surface area contributed by atoms with Gasteiger partial charge in [-0.25, -0.2) is 0 Å². The first-order valence-corrected chi connectivity index (χ1v) is 9.53. The Labute approximate surface area is 133 Å². The molecule has 0 bridgehead atoms. The van der Waals surface area contributed by atoms with Crippen LogP contribution in [-0.4, -0.2) is 33.9 Å². The molecule has 1 aromatic rings. The Morgan fingerprint density at radius 1 is 1.29 bits per heavy atom. The van der Waals surface area contributed by atoms with Crippen LogP contribution < -0.4 is 10.6 Å². The van der Waals surface area contributed by atoms with E-state index in [9.17, 15) is 4.79 Å². The number of nitrogens with zero attached hydrogens (tertiary/aromatic N) is 2. The van der Waals surface area contributed by atoms with Gasteiger partial charge in [-0.3, -0.25) is 4.79 Å². The van der Waals surface area contributed by atoms with Crippen molar-refractivity contribution in [2.24, 2.45) is 5.92 Å². The van der Waals surface area contributed by atoms with Crippen molar-refractivity contribution >= 4 is 34.1 Å². The predicted molar refractivity (Wildman–Crippen MR) is 86.8 cm³/mol. The Bertz CT molecular complexity index is 489. The molecule has 2 atom stereocenters. The average Bonchev–Trinajstić information content (AvgIpc) is 3.16. The molecule has 0 aliphatic heterocycles. The van der Waals surface area contributed by atoms with E-state index in [-0.39, 0.29) is 5.91 Å². The summed E-state index contributed by atoms with van der Waals surface area (Å²) in [6.45, 7) is 2.23. The summed E-state index contributed by atoms with van der Waals surface area (Å²) in [6, 6.07) is 0.945. The van der Waals surface area contributed by atoms with E-state index >= 15 is 0 Å². The molecular weight excluding hydrogens is 304 g/mol. The number of nitrogens with one attached hydrogen (secondary N) is 2. The summed E-state index contributed by atoms with van der Waals surface area (Å²) in [7, 11) is 0. The van der Waals surface area contributed by atoms with Gasteiger partial charge in [0.25, 0.3) is 0 Å². The normalized spacial score (nSPS) is 25.6. The highest BCUT2D eigenvalue weighted by Crippen LogP contribution is 2.30. The fraction of sp³-hybridized carbons (Fsp3) is 0.786. The standard InChI is InChI=1S/C14H22N4OS2/c1-9-4-2-3-5-11(9)16-12(19)8-20-14-18-17-13(21-14)15-10-6-7-10/h9-11H,2-8H2,1H3,(H,15,17)(H,16,19)/t9-,11+/m0/s1. The van der Waals surface area contributed by atoms with Gasteiger partial charge in [0.2, 0.25) is 11.0 Å². The van der Waals surface area contributed by atoms with E-state index in [1.807, 2.05) is 0 Å². The van der Waals surface area contributed by atoms with E-state index in [0.717, 1.165) is 15.9 Å². The summed E-state index contributed by atoms with van der Waals surface area (Å²) >= 11 is 3.02. The number of thioether (sulfide) groups is 1. The van der Waals surface area contributed by atoms with Crippen molar-refractivity contribution in [3.05, 3.63) is 0 Å². The summed E-state index contributed by atoms with van der Waals surface area (Å²) in [4.78, 5) is 12.0. The summed E-state index contributed by atoms with van der Waals surface area (Å²) in [5, 5.41) is 15.6. The number of amides is 1. The van der Waals surface area contributed by atoms with Crippen LogP contribution in [0, 0.1) is 5.92 Å². The Morgan fingerprint density at radius 3 is 2.86 bits per heavy atom. The maximum Gasteiger partial charge on any atom is 0.230 e. The van der Waals surface area contributed by atoms with Gasteiger partial charge in [0.15, 0.2) is 4.34 Å². The predicted octanol–water partition coefficient (Wildman–Crippen LogP) is 2.90. The molecule has 0 radical (unpaired) electrons. The number of hydrogen-bond acceptors (Lipinski definition) is 6. The van der Waals surface area contributed by atoms with E-state index in [4.69, 9.17) is 0 Å². The lowest BCUT2D eigenvalue weighted by Gasteiger charge is -2.29. The largest absolute Gasteiger partial charge is 0.357 e. The van der Waals surface area contributed by atoms with Gasteiger partial charge in [-0.1, -0.05) is 42.9 Å². The third-order valence-corrected chi connectivity index (χ3v) is 6.08. The molecule has 2 fully saturated rings. The molecule has 2 aliphatic rings. The first-order valence-electron chi connectivity index (χ1n) is 7.73. The van der Waals surface area contributed by atoms with Crippen molar-refractivity contribution in [2.75, 3.05) is 11.1 Å². The number of aromatic nitrogens is 2. The van der Waals surface area contributed by atoms with Crippen LogP contribution in [-0.2, 0) is 4.79 Å². The Kier molecular flexibility index (Phi) is 5.00. The molecule has 7 heteroatoms. The maximum absolute atomic E-state index is 12.0. The highest BCUT2D eigenvalue weighted by Gasteiger charge is 2.24. The van der Waals surface area contributed by atoms with Gasteiger partial charge in [0.05, 0.1) is 5.75 Å². The second-order valence-corrected chi connectivity index (χ2v) is 8.22. The average molecular weight is 326 g/mol. The molecule has 21 heavy (non-hydrogen) atoms. The molecule has 1 heterocycles. The molecule has 2 aliphatic carbocycles. The number of rotatable bonds is 6. The molecule has 5 nitrogen and oxygen atoms in total. The van der Waals surface area contributed by atoms with Crippen molar-refractivity contribution in [1.29, 1.82) is 0 Å². The van der Waals surface area contributed by atoms with Crippen LogP contribution in [0.25, 0.3) is 0 Å². The SMILES string of the molecule is C[C@H]1CCCC[C@H]1NC(=O)CSc1nnc(NC2CC2)s1. The summed E-state index contributed by atoms with van der Waals surface area (Å²) in [5.74, 6) is 1.15. The molecule has 3 rings (SSSR count). The molecule has 0 unspecified atom stereocenters. The van der Waals surface area contributed by atoms with Crippen molar-refractivity contribution < 1.29 is 4.79 Å². The molecule has 0 spiro atoms. The van der Waals surface area contributed by atoms with Gasteiger partial charge in [-0.15, -0.1) is 10.2 Å². The second-order valence-electron chi connectivity index (χ2n) is 6.02. The van der Waals surface area contributed by atoms with E-state index < -0.39 is 0 Å². The zero-order valence-electron chi connectivity index (χ0n) is 12.3. The molecule has 1 amide bonds. The Balaban J connectivity index is 1.41. The van der Waals surface area contributed by atoms with Gasteiger partial charge < -0.3 is 10.6 Å². The lowest BCUT2D eigenvalue weighted by molar-refractivity contribution is -0.119. The summed E-state index contributed by atoms with van der Waals surface area (Å²) in [5.41, 5.74) is 0. The van der Waals surface area contributed by atoms with Gasteiger partial charge in [-0.2, -0.15) is 0 Å². The first-order chi connectivity index (χ1) is 10.2. The van der Waals surface area contributed by atoms with Crippen LogP contribution in [0.4, 0.5) is 5.13 Å². The van der Waals surface area contributed by atoms with Crippen LogP contribution >= 0.6 is 23.1 Å². The molecule has 116 valence electrons. The highest BCUT2D eigenvalue weighted by atomic mass is 32.2. The van der Waals surface area contributed by atoms with Gasteiger partial charge in [-0.05, 0) is 31.6 Å². The number of anilines is 1. The van der Waals surface area contributed by atoms with Gasteiger partial charge in [0.1, 0.15) is 0 Å². The molecule has 0 saturated heterocycles. The fourth-order valence-corrected chi connectivity index (χ4v) is 4.28. The van der Waals surface area contributed by atoms with Crippen molar-refractivity contribution in [2.45, 2.75) is 61.9 Å². The lowest BCUT2D eigenvalue weighted by Crippen LogP contribution is -2.41. The number of carbonyl (C=O) groups is 1. The molecule has 2 saturated carbocycles. The topological polar surface area (TPSA) is 66.9 Å². The number of hydrogen-bond donors (Lipinski definition) is 2. The Morgan fingerprint density at radius 2 is 2.10 bits per heavy atom. The minimum absolute atomic E-state index is 0.116. The first kappa shape index (κ1) is 15.1. The van der Waals surface area contributed by atoms with Crippen molar-refractivity contribution in [3.63, 3.8) is 0 Å². The van der Waals surface area contributed by atoms with Gasteiger partial charge >= 0.3 is 0 Å². The van der Waals surface area contributed by atoms with E-state index in [2.05, 4.69) is 27.8 Å².